The van der Waals surface area contributed by atoms with Crippen molar-refractivity contribution in [1.82, 2.24) is 4.57 Å². The fourth-order valence-electron chi connectivity index (χ4n) is 2.84. The molecule has 0 radical (unpaired) electrons. The molecular formula is C17H18ClNO3. The molecule has 2 rings (SSSR count). The summed E-state index contributed by atoms with van der Waals surface area (Å²) in [6, 6.07) is 5.47. The lowest BCUT2D eigenvalue weighted by Crippen LogP contribution is -2.13. The Bertz CT molecular complexity index is 751. The number of aromatic nitrogens is 1. The molecular weight excluding hydrogens is 302 g/mol. The Hall–Kier alpha value is -2.07. The Labute approximate surface area is 134 Å². The van der Waals surface area contributed by atoms with Crippen molar-refractivity contribution in [3.8, 4) is 0 Å². The second kappa shape index (κ2) is 5.97. The van der Waals surface area contributed by atoms with Crippen molar-refractivity contribution >= 4 is 23.4 Å². The predicted octanol–water partition coefficient (Wildman–Crippen LogP) is 3.46. The van der Waals surface area contributed by atoms with Crippen LogP contribution in [-0.2, 0) is 18.3 Å². The van der Waals surface area contributed by atoms with Gasteiger partial charge in [-0.3, -0.25) is 9.59 Å². The number of carboxylic acid groups (broad SMARTS) is 1. The Morgan fingerprint density at radius 2 is 1.68 bits per heavy atom. The number of benzene rings is 1. The van der Waals surface area contributed by atoms with Crippen LogP contribution in [0, 0.1) is 20.8 Å². The number of aliphatic carboxylic acids is 1. The average molecular weight is 320 g/mol. The van der Waals surface area contributed by atoms with Gasteiger partial charge in [-0.1, -0.05) is 29.3 Å². The van der Waals surface area contributed by atoms with E-state index in [-0.39, 0.29) is 12.2 Å². The fraction of sp³-hybridized carbons (Fsp3) is 0.294. The van der Waals surface area contributed by atoms with Crippen LogP contribution in [0.5, 0.6) is 0 Å². The summed E-state index contributed by atoms with van der Waals surface area (Å²) in [5.41, 5.74) is 4.38. The van der Waals surface area contributed by atoms with E-state index in [4.69, 9.17) is 16.7 Å². The zero-order valence-electron chi connectivity index (χ0n) is 13.0. The number of rotatable bonds is 4. The lowest BCUT2D eigenvalue weighted by atomic mass is 9.95. The largest absolute Gasteiger partial charge is 0.481 e. The van der Waals surface area contributed by atoms with Crippen molar-refractivity contribution in [2.75, 3.05) is 0 Å². The topological polar surface area (TPSA) is 59.3 Å². The minimum atomic E-state index is -0.982. The Kier molecular flexibility index (Phi) is 4.42. The molecule has 22 heavy (non-hydrogen) atoms. The number of carboxylic acids is 1. The maximum atomic E-state index is 12.8. The molecule has 4 nitrogen and oxygen atoms in total. The lowest BCUT2D eigenvalue weighted by Gasteiger charge is -2.11. The number of hydrogen-bond donors (Lipinski definition) is 1. The summed E-state index contributed by atoms with van der Waals surface area (Å²) in [7, 11) is 1.66. The highest BCUT2D eigenvalue weighted by atomic mass is 35.5. The van der Waals surface area contributed by atoms with Gasteiger partial charge in [0.25, 0.3) is 0 Å². The molecule has 0 spiro atoms. The molecule has 1 N–H and O–H groups in total. The van der Waals surface area contributed by atoms with Crippen molar-refractivity contribution < 1.29 is 14.7 Å². The monoisotopic (exact) mass is 319 g/mol. The molecule has 2 aromatic rings. The van der Waals surface area contributed by atoms with E-state index in [9.17, 15) is 9.59 Å². The van der Waals surface area contributed by atoms with Gasteiger partial charge in [0.2, 0.25) is 5.78 Å². The number of aryl methyl sites for hydroxylation is 3. The third-order valence-corrected chi connectivity index (χ3v) is 4.09. The normalized spacial score (nSPS) is 10.8. The van der Waals surface area contributed by atoms with Crippen molar-refractivity contribution in [1.29, 1.82) is 0 Å². The number of halogens is 1. The van der Waals surface area contributed by atoms with E-state index < -0.39 is 5.97 Å². The van der Waals surface area contributed by atoms with E-state index in [0.29, 0.717) is 22.0 Å². The van der Waals surface area contributed by atoms with Crippen molar-refractivity contribution in [2.45, 2.75) is 27.2 Å². The Balaban J connectivity index is 2.54. The molecule has 0 saturated heterocycles. The summed E-state index contributed by atoms with van der Waals surface area (Å²) >= 11 is 6.09. The molecule has 1 heterocycles. The van der Waals surface area contributed by atoms with Gasteiger partial charge in [-0.25, -0.2) is 0 Å². The first-order chi connectivity index (χ1) is 10.2. The van der Waals surface area contributed by atoms with Gasteiger partial charge in [0.05, 0.1) is 17.1 Å². The van der Waals surface area contributed by atoms with Crippen LogP contribution in [0.25, 0.3) is 0 Å². The zero-order valence-corrected chi connectivity index (χ0v) is 13.8. The van der Waals surface area contributed by atoms with E-state index in [2.05, 4.69) is 0 Å². The van der Waals surface area contributed by atoms with Crippen LogP contribution in [0.15, 0.2) is 18.2 Å². The molecule has 0 amide bonds. The van der Waals surface area contributed by atoms with Gasteiger partial charge in [-0.15, -0.1) is 0 Å². The molecule has 5 heteroatoms. The van der Waals surface area contributed by atoms with Crippen LogP contribution in [0.3, 0.4) is 0 Å². The van der Waals surface area contributed by atoms with Crippen molar-refractivity contribution in [3.05, 3.63) is 56.9 Å². The summed E-state index contributed by atoms with van der Waals surface area (Å²) in [6.45, 7) is 5.78. The molecule has 0 atom stereocenters. The zero-order chi connectivity index (χ0) is 16.6. The van der Waals surface area contributed by atoms with E-state index >= 15 is 0 Å². The van der Waals surface area contributed by atoms with Crippen LogP contribution in [0.2, 0.25) is 5.02 Å². The molecule has 1 aromatic heterocycles. The van der Waals surface area contributed by atoms with Crippen LogP contribution >= 0.6 is 11.6 Å². The van der Waals surface area contributed by atoms with E-state index in [0.717, 1.165) is 16.7 Å². The number of carbonyl (C=O) groups excluding carboxylic acids is 1. The van der Waals surface area contributed by atoms with Crippen molar-refractivity contribution in [3.63, 3.8) is 0 Å². The van der Waals surface area contributed by atoms with Crippen LogP contribution in [-0.4, -0.2) is 21.4 Å². The molecule has 1 aromatic carbocycles. The number of ketones is 1. The summed E-state index contributed by atoms with van der Waals surface area (Å²) in [4.78, 5) is 23.8. The molecule has 0 unspecified atom stereocenters. The molecule has 0 aliphatic heterocycles. The van der Waals surface area contributed by atoms with Gasteiger partial charge in [0, 0.05) is 18.3 Å². The van der Waals surface area contributed by atoms with E-state index in [1.54, 1.807) is 17.7 Å². The maximum Gasteiger partial charge on any atom is 0.309 e. The second-order valence-electron chi connectivity index (χ2n) is 5.56. The van der Waals surface area contributed by atoms with E-state index in [1.165, 1.54) is 0 Å². The van der Waals surface area contributed by atoms with Crippen LogP contribution < -0.4 is 0 Å². The van der Waals surface area contributed by atoms with Gasteiger partial charge in [-0.2, -0.15) is 0 Å². The highest BCUT2D eigenvalue weighted by molar-refractivity contribution is 6.32. The summed E-state index contributed by atoms with van der Waals surface area (Å²) in [6.07, 6.45) is -0.214. The summed E-state index contributed by atoms with van der Waals surface area (Å²) in [5, 5.41) is 9.24. The SMILES string of the molecule is Cc1cc(C)c(C(=O)c2cc(Cl)c(CC(=O)O)n2C)c(C)c1. The van der Waals surface area contributed by atoms with Crippen LogP contribution in [0.4, 0.5) is 0 Å². The number of carbonyl (C=O) groups is 2. The third kappa shape index (κ3) is 2.92. The van der Waals surface area contributed by atoms with Gasteiger partial charge in [0.1, 0.15) is 0 Å². The number of nitrogens with zero attached hydrogens (tertiary/aromatic N) is 1. The molecule has 0 bridgehead atoms. The highest BCUT2D eigenvalue weighted by Crippen LogP contribution is 2.26. The maximum absolute atomic E-state index is 12.8. The highest BCUT2D eigenvalue weighted by Gasteiger charge is 2.22. The summed E-state index contributed by atoms with van der Waals surface area (Å²) in [5.74, 6) is -1.12. The molecule has 0 fully saturated rings. The fourth-order valence-corrected chi connectivity index (χ4v) is 3.13. The Morgan fingerprint density at radius 3 is 2.18 bits per heavy atom. The number of hydrogen-bond acceptors (Lipinski definition) is 2. The minimum Gasteiger partial charge on any atom is -0.481 e. The molecule has 0 aliphatic rings. The van der Waals surface area contributed by atoms with Gasteiger partial charge < -0.3 is 9.67 Å². The first-order valence-electron chi connectivity index (χ1n) is 6.90. The van der Waals surface area contributed by atoms with Gasteiger partial charge >= 0.3 is 5.97 Å². The minimum absolute atomic E-state index is 0.143. The standard InChI is InChI=1S/C17H18ClNO3/c1-9-5-10(2)16(11(3)6-9)17(22)14-7-12(18)13(19(14)4)8-15(20)21/h5-7H,8H2,1-4H3,(H,20,21). The molecule has 0 saturated carbocycles. The van der Waals surface area contributed by atoms with Gasteiger partial charge in [-0.05, 0) is 38.0 Å². The first-order valence-corrected chi connectivity index (χ1v) is 7.28. The van der Waals surface area contributed by atoms with Gasteiger partial charge in [0.15, 0.2) is 0 Å². The molecule has 116 valence electrons. The lowest BCUT2D eigenvalue weighted by molar-refractivity contribution is -0.136. The average Bonchev–Trinajstić information content (AvgIpc) is 2.65. The predicted molar refractivity (Wildman–Crippen MR) is 85.8 cm³/mol. The first kappa shape index (κ1) is 16.3. The quantitative estimate of drug-likeness (QED) is 0.878. The third-order valence-electron chi connectivity index (χ3n) is 3.76. The van der Waals surface area contributed by atoms with Crippen molar-refractivity contribution in [2.24, 2.45) is 7.05 Å². The molecule has 0 aliphatic carbocycles. The smallest absolute Gasteiger partial charge is 0.309 e. The Morgan fingerprint density at radius 1 is 1.14 bits per heavy atom. The van der Waals surface area contributed by atoms with E-state index in [1.807, 2.05) is 32.9 Å². The summed E-state index contributed by atoms with van der Waals surface area (Å²) < 4.78 is 1.57. The van der Waals surface area contributed by atoms with Crippen LogP contribution in [0.1, 0.15) is 38.4 Å². The second-order valence-corrected chi connectivity index (χ2v) is 5.96.